The van der Waals surface area contributed by atoms with E-state index in [2.05, 4.69) is 21.4 Å². The maximum atomic E-state index is 12.3. The number of benzene rings is 1. The van der Waals surface area contributed by atoms with Crippen molar-refractivity contribution in [3.63, 3.8) is 0 Å². The van der Waals surface area contributed by atoms with E-state index < -0.39 is 0 Å². The van der Waals surface area contributed by atoms with Crippen molar-refractivity contribution in [2.75, 3.05) is 11.9 Å². The van der Waals surface area contributed by atoms with Crippen LogP contribution in [0.15, 0.2) is 24.3 Å². The Labute approximate surface area is 159 Å². The Kier molecular flexibility index (Phi) is 5.35. The summed E-state index contributed by atoms with van der Waals surface area (Å²) in [6.45, 7) is 4.12. The van der Waals surface area contributed by atoms with Gasteiger partial charge in [-0.15, -0.1) is 11.3 Å². The van der Waals surface area contributed by atoms with Gasteiger partial charge < -0.3 is 10.1 Å². The lowest BCUT2D eigenvalue weighted by Crippen LogP contribution is -2.05. The van der Waals surface area contributed by atoms with Crippen LogP contribution in [-0.2, 0) is 4.74 Å². The molecule has 0 bridgehead atoms. The van der Waals surface area contributed by atoms with Crippen molar-refractivity contribution in [1.82, 2.24) is 9.97 Å². The second-order valence-electron chi connectivity index (χ2n) is 5.50. The monoisotopic (exact) mass is 386 g/mol. The van der Waals surface area contributed by atoms with Gasteiger partial charge in [-0.1, -0.05) is 19.1 Å². The number of hydrogen-bond acceptors (Lipinski definition) is 7. The predicted octanol–water partition coefficient (Wildman–Crippen LogP) is 4.84. The normalized spacial score (nSPS) is 10.5. The Morgan fingerprint density at radius 2 is 2.15 bits per heavy atom. The molecule has 0 aliphatic carbocycles. The van der Waals surface area contributed by atoms with E-state index in [0.717, 1.165) is 12.0 Å². The summed E-state index contributed by atoms with van der Waals surface area (Å²) < 4.78 is 5.24. The summed E-state index contributed by atoms with van der Waals surface area (Å²) in [5.41, 5.74) is 1.80. The van der Waals surface area contributed by atoms with E-state index in [4.69, 9.17) is 16.3 Å². The molecule has 3 rings (SSSR count). The molecule has 6 nitrogen and oxygen atoms in total. The minimum atomic E-state index is -0.383. The minimum absolute atomic E-state index is 0.0594. The third-order valence-corrected chi connectivity index (χ3v) is 5.02. The van der Waals surface area contributed by atoms with E-state index in [1.165, 1.54) is 11.3 Å². The van der Waals surface area contributed by atoms with Crippen molar-refractivity contribution < 1.29 is 9.53 Å². The van der Waals surface area contributed by atoms with Crippen molar-refractivity contribution in [2.24, 2.45) is 0 Å². The fraction of sp³-hybridized carbons (Fsp3) is 0.222. The average molecular weight is 387 g/mol. The van der Waals surface area contributed by atoms with Crippen LogP contribution < -0.4 is 5.32 Å². The first-order chi connectivity index (χ1) is 12.5. The second kappa shape index (κ2) is 7.68. The van der Waals surface area contributed by atoms with Gasteiger partial charge in [0, 0.05) is 0 Å². The fourth-order valence-electron chi connectivity index (χ4n) is 2.48. The number of rotatable bonds is 5. The number of anilines is 2. The number of aromatic nitrogens is 2. The second-order valence-corrected chi connectivity index (χ2v) is 6.83. The van der Waals surface area contributed by atoms with Gasteiger partial charge in [0.15, 0.2) is 0 Å². The SMILES string of the molecule is CCCOC(=O)c1sc2nc(Cl)nc(Nc3ccccc3C#N)c2c1C. The van der Waals surface area contributed by atoms with Gasteiger partial charge in [0.2, 0.25) is 5.28 Å². The Morgan fingerprint density at radius 3 is 2.88 bits per heavy atom. The molecule has 26 heavy (non-hydrogen) atoms. The van der Waals surface area contributed by atoms with E-state index in [0.29, 0.717) is 38.8 Å². The molecule has 1 aromatic carbocycles. The molecule has 1 N–H and O–H groups in total. The Bertz CT molecular complexity index is 1030. The van der Waals surface area contributed by atoms with Gasteiger partial charge in [-0.25, -0.2) is 9.78 Å². The topological polar surface area (TPSA) is 87.9 Å². The fourth-order valence-corrected chi connectivity index (χ4v) is 3.77. The molecule has 0 spiro atoms. The van der Waals surface area contributed by atoms with E-state index in [1.54, 1.807) is 18.2 Å². The number of halogens is 1. The molecule has 0 saturated carbocycles. The molecular weight excluding hydrogens is 372 g/mol. The molecule has 0 fully saturated rings. The quantitative estimate of drug-likeness (QED) is 0.498. The van der Waals surface area contributed by atoms with Crippen molar-refractivity contribution in [3.05, 3.63) is 45.6 Å². The molecule has 0 amide bonds. The highest BCUT2D eigenvalue weighted by Crippen LogP contribution is 2.36. The minimum Gasteiger partial charge on any atom is -0.462 e. The van der Waals surface area contributed by atoms with Gasteiger partial charge in [-0.2, -0.15) is 10.2 Å². The van der Waals surface area contributed by atoms with Crippen LogP contribution in [0.2, 0.25) is 5.28 Å². The number of para-hydroxylation sites is 1. The average Bonchev–Trinajstić information content (AvgIpc) is 2.96. The molecule has 0 unspecified atom stereocenters. The summed E-state index contributed by atoms with van der Waals surface area (Å²) >= 11 is 7.27. The van der Waals surface area contributed by atoms with Crippen LogP contribution >= 0.6 is 22.9 Å². The number of aryl methyl sites for hydroxylation is 1. The number of nitrogens with zero attached hydrogens (tertiary/aromatic N) is 3. The van der Waals surface area contributed by atoms with Gasteiger partial charge in [0.25, 0.3) is 0 Å². The number of thiophene rings is 1. The maximum Gasteiger partial charge on any atom is 0.348 e. The van der Waals surface area contributed by atoms with Crippen LogP contribution in [0.5, 0.6) is 0 Å². The van der Waals surface area contributed by atoms with Gasteiger partial charge in [-0.05, 0) is 42.6 Å². The highest BCUT2D eigenvalue weighted by Gasteiger charge is 2.21. The molecule has 132 valence electrons. The van der Waals surface area contributed by atoms with Crippen molar-refractivity contribution in [3.8, 4) is 6.07 Å². The summed E-state index contributed by atoms with van der Waals surface area (Å²) in [5.74, 6) is 0.0674. The van der Waals surface area contributed by atoms with Crippen molar-refractivity contribution >= 4 is 50.6 Å². The molecule has 2 aromatic heterocycles. The molecule has 0 radical (unpaired) electrons. The number of fused-ring (bicyclic) bond motifs is 1. The summed E-state index contributed by atoms with van der Waals surface area (Å²) in [7, 11) is 0. The van der Waals surface area contributed by atoms with Crippen LogP contribution in [0, 0.1) is 18.3 Å². The lowest BCUT2D eigenvalue weighted by molar-refractivity contribution is 0.0510. The van der Waals surface area contributed by atoms with E-state index >= 15 is 0 Å². The molecule has 0 aliphatic heterocycles. The number of carbonyl (C=O) groups excluding carboxylic acids is 1. The molecule has 3 aromatic rings. The molecular formula is C18H15ClN4O2S. The number of ether oxygens (including phenoxy) is 1. The first kappa shape index (κ1) is 18.1. The molecule has 0 saturated heterocycles. The molecule has 0 atom stereocenters. The highest BCUT2D eigenvalue weighted by atomic mass is 35.5. The largest absolute Gasteiger partial charge is 0.462 e. The van der Waals surface area contributed by atoms with E-state index in [1.807, 2.05) is 19.9 Å². The lowest BCUT2D eigenvalue weighted by atomic mass is 10.1. The predicted molar refractivity (Wildman–Crippen MR) is 102 cm³/mol. The summed E-state index contributed by atoms with van der Waals surface area (Å²) in [6.07, 6.45) is 0.749. The zero-order chi connectivity index (χ0) is 18.7. The Balaban J connectivity index is 2.10. The first-order valence-corrected chi connectivity index (χ1v) is 9.14. The standard InChI is InChI=1S/C18H15ClN4O2S/c1-3-8-25-17(24)14-10(2)13-15(22-18(19)23-16(13)26-14)21-12-7-5-4-6-11(12)9-20/h4-7H,3,8H2,1-2H3,(H,21,22,23). The lowest BCUT2D eigenvalue weighted by Gasteiger charge is -2.09. The molecule has 2 heterocycles. The number of esters is 1. The number of carbonyl (C=O) groups is 1. The van der Waals surface area contributed by atoms with Crippen LogP contribution in [0.25, 0.3) is 10.2 Å². The van der Waals surface area contributed by atoms with Crippen LogP contribution in [-0.4, -0.2) is 22.5 Å². The number of nitrogens with one attached hydrogen (secondary N) is 1. The van der Waals surface area contributed by atoms with E-state index in [9.17, 15) is 10.1 Å². The maximum absolute atomic E-state index is 12.3. The van der Waals surface area contributed by atoms with Crippen LogP contribution in [0.4, 0.5) is 11.5 Å². The van der Waals surface area contributed by atoms with E-state index in [-0.39, 0.29) is 11.3 Å². The highest BCUT2D eigenvalue weighted by molar-refractivity contribution is 7.20. The molecule has 0 aliphatic rings. The van der Waals surface area contributed by atoms with Crippen molar-refractivity contribution in [2.45, 2.75) is 20.3 Å². The van der Waals surface area contributed by atoms with Gasteiger partial charge in [0.05, 0.1) is 23.2 Å². The number of nitriles is 1. The third-order valence-electron chi connectivity index (χ3n) is 3.69. The smallest absolute Gasteiger partial charge is 0.348 e. The van der Waals surface area contributed by atoms with Gasteiger partial charge in [0.1, 0.15) is 21.6 Å². The summed E-state index contributed by atoms with van der Waals surface area (Å²) in [5, 5.41) is 13.2. The zero-order valence-electron chi connectivity index (χ0n) is 14.2. The Hall–Kier alpha value is -2.69. The van der Waals surface area contributed by atoms with Crippen molar-refractivity contribution in [1.29, 1.82) is 5.26 Å². The summed E-state index contributed by atoms with van der Waals surface area (Å²) in [4.78, 5) is 21.8. The number of hydrogen-bond donors (Lipinski definition) is 1. The zero-order valence-corrected chi connectivity index (χ0v) is 15.7. The van der Waals surface area contributed by atoms with Gasteiger partial charge in [-0.3, -0.25) is 0 Å². The van der Waals surface area contributed by atoms with Gasteiger partial charge >= 0.3 is 5.97 Å². The van der Waals surface area contributed by atoms with Crippen LogP contribution in [0.3, 0.4) is 0 Å². The summed E-state index contributed by atoms with van der Waals surface area (Å²) in [6, 6.07) is 9.21. The first-order valence-electron chi connectivity index (χ1n) is 7.95. The Morgan fingerprint density at radius 1 is 1.38 bits per heavy atom. The van der Waals surface area contributed by atoms with Crippen LogP contribution in [0.1, 0.15) is 34.1 Å². The molecule has 8 heteroatoms. The third kappa shape index (κ3) is 3.47.